The quantitative estimate of drug-likeness (QED) is 0.756. The second kappa shape index (κ2) is 5.50. The van der Waals surface area contributed by atoms with Crippen LogP contribution in [0.2, 0.25) is 0 Å². The summed E-state index contributed by atoms with van der Waals surface area (Å²) in [5.74, 6) is -2.09. The molecule has 2 N–H and O–H groups in total. The van der Waals surface area contributed by atoms with Crippen molar-refractivity contribution in [1.29, 1.82) is 0 Å². The first-order valence-corrected chi connectivity index (χ1v) is 4.50. The van der Waals surface area contributed by atoms with Gasteiger partial charge in [0.1, 0.15) is 0 Å². The minimum absolute atomic E-state index is 0.655. The Hall–Kier alpha value is -2.36. The van der Waals surface area contributed by atoms with Gasteiger partial charge in [0, 0.05) is 12.2 Å². The van der Waals surface area contributed by atoms with Crippen LogP contribution in [0.15, 0.2) is 36.4 Å². The third-order valence-corrected chi connectivity index (χ3v) is 1.81. The lowest BCUT2D eigenvalue weighted by atomic mass is 10.1. The van der Waals surface area contributed by atoms with E-state index in [0.717, 1.165) is 12.2 Å². The van der Waals surface area contributed by atoms with Crippen LogP contribution in [0.3, 0.4) is 0 Å². The molecule has 0 atom stereocenters. The maximum atomic E-state index is 10.4. The number of carboxylic acid groups (broad SMARTS) is 2. The molecular weight excluding hydrogens is 208 g/mol. The SMILES string of the molecule is O=C(O)/C=C/c1ccccc1/C=C/C(=O)O. The molecule has 0 unspecified atom stereocenters. The number of carboxylic acids is 2. The molecule has 0 spiro atoms. The van der Waals surface area contributed by atoms with E-state index in [1.54, 1.807) is 24.3 Å². The van der Waals surface area contributed by atoms with E-state index < -0.39 is 11.9 Å². The topological polar surface area (TPSA) is 74.6 Å². The van der Waals surface area contributed by atoms with Crippen molar-refractivity contribution in [3.05, 3.63) is 47.5 Å². The van der Waals surface area contributed by atoms with Crippen LogP contribution < -0.4 is 0 Å². The smallest absolute Gasteiger partial charge is 0.328 e. The summed E-state index contributed by atoms with van der Waals surface area (Å²) in [6.07, 6.45) is 4.86. The second-order valence-electron chi connectivity index (χ2n) is 2.97. The minimum atomic E-state index is -1.04. The van der Waals surface area contributed by atoms with E-state index in [4.69, 9.17) is 10.2 Å². The van der Waals surface area contributed by atoms with Crippen LogP contribution in [-0.2, 0) is 9.59 Å². The molecule has 0 amide bonds. The monoisotopic (exact) mass is 218 g/mol. The van der Waals surface area contributed by atoms with Crippen molar-refractivity contribution in [2.24, 2.45) is 0 Å². The first-order valence-electron chi connectivity index (χ1n) is 4.50. The Morgan fingerprint density at radius 3 is 1.56 bits per heavy atom. The normalized spacial score (nSPS) is 11.0. The molecule has 0 aromatic heterocycles. The van der Waals surface area contributed by atoms with Crippen LogP contribution >= 0.6 is 0 Å². The Kier molecular flexibility index (Phi) is 4.03. The summed E-state index contributed by atoms with van der Waals surface area (Å²) in [6.45, 7) is 0. The van der Waals surface area contributed by atoms with Gasteiger partial charge in [-0.15, -0.1) is 0 Å². The number of aliphatic carboxylic acids is 2. The van der Waals surface area contributed by atoms with Crippen LogP contribution in [0.1, 0.15) is 11.1 Å². The Morgan fingerprint density at radius 1 is 0.875 bits per heavy atom. The molecule has 82 valence electrons. The highest BCUT2D eigenvalue weighted by Gasteiger charge is 1.96. The predicted molar refractivity (Wildman–Crippen MR) is 59.8 cm³/mol. The highest BCUT2D eigenvalue weighted by atomic mass is 16.4. The van der Waals surface area contributed by atoms with E-state index in [1.165, 1.54) is 12.2 Å². The summed E-state index contributed by atoms with van der Waals surface area (Å²) in [5, 5.41) is 17.0. The Balaban J connectivity index is 3.00. The Morgan fingerprint density at radius 2 is 1.25 bits per heavy atom. The lowest BCUT2D eigenvalue weighted by molar-refractivity contribution is -0.132. The van der Waals surface area contributed by atoms with E-state index in [9.17, 15) is 9.59 Å². The molecule has 0 saturated heterocycles. The first-order chi connectivity index (χ1) is 7.59. The van der Waals surface area contributed by atoms with Crippen molar-refractivity contribution in [2.45, 2.75) is 0 Å². The van der Waals surface area contributed by atoms with Gasteiger partial charge in [-0.05, 0) is 23.3 Å². The second-order valence-corrected chi connectivity index (χ2v) is 2.97. The highest BCUT2D eigenvalue weighted by molar-refractivity contribution is 5.88. The van der Waals surface area contributed by atoms with Crippen LogP contribution in [0.25, 0.3) is 12.2 Å². The fraction of sp³-hybridized carbons (Fsp3) is 0. The maximum absolute atomic E-state index is 10.4. The summed E-state index contributed by atoms with van der Waals surface area (Å²) >= 11 is 0. The van der Waals surface area contributed by atoms with Gasteiger partial charge in [0.05, 0.1) is 0 Å². The van der Waals surface area contributed by atoms with Crippen LogP contribution in [0.4, 0.5) is 0 Å². The van der Waals surface area contributed by atoms with Gasteiger partial charge in [-0.1, -0.05) is 24.3 Å². The molecule has 0 bridgehead atoms. The summed E-state index contributed by atoms with van der Waals surface area (Å²) in [6, 6.07) is 6.92. The van der Waals surface area contributed by atoms with Gasteiger partial charge >= 0.3 is 11.9 Å². The molecule has 0 saturated carbocycles. The summed E-state index contributed by atoms with van der Waals surface area (Å²) in [4.78, 5) is 20.7. The van der Waals surface area contributed by atoms with E-state index in [1.807, 2.05) is 0 Å². The Labute approximate surface area is 92.2 Å². The average molecular weight is 218 g/mol. The van der Waals surface area contributed by atoms with Crippen molar-refractivity contribution in [2.75, 3.05) is 0 Å². The van der Waals surface area contributed by atoms with Crippen LogP contribution in [0.5, 0.6) is 0 Å². The maximum Gasteiger partial charge on any atom is 0.328 e. The van der Waals surface area contributed by atoms with Crippen molar-refractivity contribution >= 4 is 24.1 Å². The summed E-state index contributed by atoms with van der Waals surface area (Å²) in [5.41, 5.74) is 1.31. The van der Waals surface area contributed by atoms with Crippen LogP contribution in [0, 0.1) is 0 Å². The zero-order valence-corrected chi connectivity index (χ0v) is 8.33. The molecule has 0 radical (unpaired) electrons. The van der Waals surface area contributed by atoms with Crippen molar-refractivity contribution in [1.82, 2.24) is 0 Å². The van der Waals surface area contributed by atoms with Crippen molar-refractivity contribution in [3.63, 3.8) is 0 Å². The number of benzene rings is 1. The molecule has 0 aliphatic rings. The molecule has 0 heterocycles. The standard InChI is InChI=1S/C12H10O4/c13-11(14)7-5-9-3-1-2-4-10(9)6-8-12(15)16/h1-8H,(H,13,14)(H,15,16)/b7-5+,8-6+. The molecule has 1 aromatic carbocycles. The number of hydrogen-bond acceptors (Lipinski definition) is 2. The van der Waals surface area contributed by atoms with Gasteiger partial charge in [0.2, 0.25) is 0 Å². The summed E-state index contributed by atoms with van der Waals surface area (Å²) in [7, 11) is 0. The third-order valence-electron chi connectivity index (χ3n) is 1.81. The van der Waals surface area contributed by atoms with Gasteiger partial charge in [-0.25, -0.2) is 9.59 Å². The fourth-order valence-corrected chi connectivity index (χ4v) is 1.14. The molecule has 1 aromatic rings. The largest absolute Gasteiger partial charge is 0.478 e. The van der Waals surface area contributed by atoms with Crippen LogP contribution in [-0.4, -0.2) is 22.2 Å². The van der Waals surface area contributed by atoms with Gasteiger partial charge in [-0.2, -0.15) is 0 Å². The lowest BCUT2D eigenvalue weighted by Crippen LogP contribution is -1.88. The molecule has 1 rings (SSSR count). The number of carbonyl (C=O) groups is 2. The number of rotatable bonds is 4. The molecule has 0 fully saturated rings. The molecule has 4 heteroatoms. The zero-order valence-electron chi connectivity index (χ0n) is 8.33. The van der Waals surface area contributed by atoms with Gasteiger partial charge in [-0.3, -0.25) is 0 Å². The minimum Gasteiger partial charge on any atom is -0.478 e. The molecular formula is C12H10O4. The van der Waals surface area contributed by atoms with E-state index in [2.05, 4.69) is 0 Å². The molecule has 0 aliphatic heterocycles. The van der Waals surface area contributed by atoms with Crippen molar-refractivity contribution < 1.29 is 19.8 Å². The Bertz CT molecular complexity index is 415. The van der Waals surface area contributed by atoms with Gasteiger partial charge in [0.15, 0.2) is 0 Å². The zero-order chi connectivity index (χ0) is 12.0. The highest BCUT2D eigenvalue weighted by Crippen LogP contribution is 2.12. The van der Waals surface area contributed by atoms with E-state index in [-0.39, 0.29) is 0 Å². The molecule has 0 aliphatic carbocycles. The fourth-order valence-electron chi connectivity index (χ4n) is 1.14. The summed E-state index contributed by atoms with van der Waals surface area (Å²) < 4.78 is 0. The molecule has 4 nitrogen and oxygen atoms in total. The van der Waals surface area contributed by atoms with Gasteiger partial charge in [0.25, 0.3) is 0 Å². The van der Waals surface area contributed by atoms with Gasteiger partial charge < -0.3 is 10.2 Å². The molecule has 16 heavy (non-hydrogen) atoms. The van der Waals surface area contributed by atoms with Crippen molar-refractivity contribution in [3.8, 4) is 0 Å². The predicted octanol–water partition coefficient (Wildman–Crippen LogP) is 1.88. The average Bonchev–Trinajstić information content (AvgIpc) is 2.24. The van der Waals surface area contributed by atoms with E-state index >= 15 is 0 Å². The third kappa shape index (κ3) is 3.79. The lowest BCUT2D eigenvalue weighted by Gasteiger charge is -1.98. The number of hydrogen-bond donors (Lipinski definition) is 2. The van der Waals surface area contributed by atoms with E-state index in [0.29, 0.717) is 11.1 Å². The first kappa shape index (κ1) is 11.7.